The van der Waals surface area contributed by atoms with E-state index in [0.29, 0.717) is 39.1 Å². The van der Waals surface area contributed by atoms with Gasteiger partial charge in [-0.25, -0.2) is 0 Å². The van der Waals surface area contributed by atoms with Gasteiger partial charge in [0.2, 0.25) is 11.8 Å². The first-order valence-corrected chi connectivity index (χ1v) is 11.6. The lowest BCUT2D eigenvalue weighted by Gasteiger charge is -2.43. The molecule has 3 amide bonds. The second-order valence-corrected chi connectivity index (χ2v) is 8.99. The van der Waals surface area contributed by atoms with Gasteiger partial charge in [0.25, 0.3) is 5.91 Å². The minimum absolute atomic E-state index is 0.0274. The van der Waals surface area contributed by atoms with Gasteiger partial charge < -0.3 is 24.3 Å². The van der Waals surface area contributed by atoms with E-state index in [1.54, 1.807) is 21.7 Å². The van der Waals surface area contributed by atoms with Crippen molar-refractivity contribution in [3.63, 3.8) is 0 Å². The Labute approximate surface area is 200 Å². The molecule has 0 unspecified atom stereocenters. The molecule has 4 rings (SSSR count). The summed E-state index contributed by atoms with van der Waals surface area (Å²) in [6.07, 6.45) is 1.03. The maximum absolute atomic E-state index is 13.8. The first-order valence-electron chi connectivity index (χ1n) is 11.6. The van der Waals surface area contributed by atoms with Crippen LogP contribution < -0.4 is 4.90 Å². The van der Waals surface area contributed by atoms with Crippen LogP contribution in [0.1, 0.15) is 18.4 Å². The average Bonchev–Trinajstić information content (AvgIpc) is 3.12. The van der Waals surface area contributed by atoms with Gasteiger partial charge in [-0.2, -0.15) is 0 Å². The summed E-state index contributed by atoms with van der Waals surface area (Å²) in [5, 5.41) is 0. The summed E-state index contributed by atoms with van der Waals surface area (Å²) in [7, 11) is 3.27. The number of rotatable bonds is 7. The Morgan fingerprint density at radius 2 is 1.62 bits per heavy atom. The minimum atomic E-state index is -0.760. The molecule has 8 heteroatoms. The molecule has 2 aromatic carbocycles. The quantitative estimate of drug-likeness (QED) is 0.626. The second-order valence-electron chi connectivity index (χ2n) is 8.99. The van der Waals surface area contributed by atoms with Crippen molar-refractivity contribution in [2.24, 2.45) is 0 Å². The highest BCUT2D eigenvalue weighted by atomic mass is 16.5. The van der Waals surface area contributed by atoms with Gasteiger partial charge in [0, 0.05) is 39.5 Å². The third-order valence-electron chi connectivity index (χ3n) is 6.81. The standard InChI is InChI=1S/C26H32N4O4/c1-27(17-21-9-5-3-6-10-21)23(31)18-29-20-30(22-11-7-4-8-12-22)26(25(29)33)13-15-28(16-14-26)24(32)19-34-2/h3-12H,13-20H2,1-2H3. The van der Waals surface area contributed by atoms with Crippen LogP contribution >= 0.6 is 0 Å². The van der Waals surface area contributed by atoms with E-state index in [-0.39, 0.29) is 30.9 Å². The molecule has 0 radical (unpaired) electrons. The number of carbonyl (C=O) groups is 3. The van der Waals surface area contributed by atoms with Crippen LogP contribution in [0.5, 0.6) is 0 Å². The van der Waals surface area contributed by atoms with Gasteiger partial charge >= 0.3 is 0 Å². The Morgan fingerprint density at radius 1 is 1.00 bits per heavy atom. The largest absolute Gasteiger partial charge is 0.375 e. The molecular weight excluding hydrogens is 432 g/mol. The summed E-state index contributed by atoms with van der Waals surface area (Å²) >= 11 is 0. The Hall–Kier alpha value is -3.39. The van der Waals surface area contributed by atoms with Crippen LogP contribution in [0.2, 0.25) is 0 Å². The zero-order valence-electron chi connectivity index (χ0n) is 19.9. The van der Waals surface area contributed by atoms with E-state index >= 15 is 0 Å². The molecule has 2 aromatic rings. The predicted octanol–water partition coefficient (Wildman–Crippen LogP) is 1.96. The number of nitrogens with zero attached hydrogens (tertiary/aromatic N) is 4. The lowest BCUT2D eigenvalue weighted by molar-refractivity contribution is -0.142. The smallest absolute Gasteiger partial charge is 0.250 e. The number of para-hydroxylation sites is 1. The predicted molar refractivity (Wildman–Crippen MR) is 129 cm³/mol. The van der Waals surface area contributed by atoms with Crippen molar-refractivity contribution >= 4 is 23.4 Å². The molecule has 8 nitrogen and oxygen atoms in total. The number of benzene rings is 2. The van der Waals surface area contributed by atoms with Crippen LogP contribution in [-0.4, -0.2) is 85.0 Å². The third kappa shape index (κ3) is 4.77. The molecule has 2 heterocycles. The Morgan fingerprint density at radius 3 is 2.24 bits per heavy atom. The van der Waals surface area contributed by atoms with Gasteiger partial charge in [-0.1, -0.05) is 48.5 Å². The SMILES string of the molecule is COCC(=O)N1CCC2(CC1)C(=O)N(CC(=O)N(C)Cc1ccccc1)CN2c1ccccc1. The normalized spacial score (nSPS) is 17.4. The van der Waals surface area contributed by atoms with E-state index < -0.39 is 5.54 Å². The maximum atomic E-state index is 13.8. The monoisotopic (exact) mass is 464 g/mol. The zero-order valence-corrected chi connectivity index (χ0v) is 19.9. The van der Waals surface area contributed by atoms with Gasteiger partial charge in [0.05, 0.1) is 6.67 Å². The van der Waals surface area contributed by atoms with E-state index in [1.165, 1.54) is 7.11 Å². The Bertz CT molecular complexity index is 1010. The first kappa shape index (κ1) is 23.8. The number of anilines is 1. The number of likely N-dealkylation sites (N-methyl/N-ethyl adjacent to an activating group) is 1. The fourth-order valence-corrected chi connectivity index (χ4v) is 4.89. The average molecular weight is 465 g/mol. The lowest BCUT2D eigenvalue weighted by atomic mass is 9.85. The number of amides is 3. The number of ether oxygens (including phenoxy) is 1. The Balaban J connectivity index is 1.50. The van der Waals surface area contributed by atoms with Gasteiger partial charge in [-0.3, -0.25) is 14.4 Å². The van der Waals surface area contributed by atoms with Crippen LogP contribution in [0.4, 0.5) is 5.69 Å². The van der Waals surface area contributed by atoms with E-state index in [0.717, 1.165) is 11.3 Å². The third-order valence-corrected chi connectivity index (χ3v) is 6.81. The van der Waals surface area contributed by atoms with E-state index in [1.807, 2.05) is 60.7 Å². The summed E-state index contributed by atoms with van der Waals surface area (Å²) in [4.78, 5) is 46.3. The number of carbonyl (C=O) groups excluding carboxylic acids is 3. The number of hydrogen-bond acceptors (Lipinski definition) is 5. The molecule has 0 aromatic heterocycles. The molecule has 0 saturated carbocycles. The van der Waals surface area contributed by atoms with Crippen molar-refractivity contribution in [1.29, 1.82) is 0 Å². The van der Waals surface area contributed by atoms with E-state index in [4.69, 9.17) is 4.74 Å². The molecule has 0 aliphatic carbocycles. The van der Waals surface area contributed by atoms with E-state index in [9.17, 15) is 14.4 Å². The van der Waals surface area contributed by atoms with Gasteiger partial charge in [0.15, 0.2) is 0 Å². The first-order chi connectivity index (χ1) is 16.4. The molecule has 1 spiro atoms. The molecule has 2 fully saturated rings. The Kier molecular flexibility index (Phi) is 7.17. The summed E-state index contributed by atoms with van der Waals surface area (Å²) in [5.41, 5.74) is 1.23. The van der Waals surface area contributed by atoms with Crippen LogP contribution in [0.25, 0.3) is 0 Å². The van der Waals surface area contributed by atoms with Crippen molar-refractivity contribution in [1.82, 2.24) is 14.7 Å². The number of hydrogen-bond donors (Lipinski definition) is 0. The van der Waals surface area contributed by atoms with Crippen LogP contribution in [-0.2, 0) is 25.7 Å². The molecule has 2 aliphatic heterocycles. The van der Waals surface area contributed by atoms with E-state index in [2.05, 4.69) is 4.90 Å². The molecule has 0 atom stereocenters. The van der Waals surface area contributed by atoms with Gasteiger partial charge in [-0.15, -0.1) is 0 Å². The number of likely N-dealkylation sites (tertiary alicyclic amines) is 1. The summed E-state index contributed by atoms with van der Waals surface area (Å²) < 4.78 is 4.99. The van der Waals surface area contributed by atoms with Gasteiger partial charge in [-0.05, 0) is 30.5 Å². The highest BCUT2D eigenvalue weighted by Gasteiger charge is 2.54. The lowest BCUT2D eigenvalue weighted by Crippen LogP contribution is -2.57. The molecule has 0 bridgehead atoms. The maximum Gasteiger partial charge on any atom is 0.250 e. The summed E-state index contributed by atoms with van der Waals surface area (Å²) in [6.45, 7) is 1.86. The highest BCUT2D eigenvalue weighted by molar-refractivity contribution is 5.96. The second kappa shape index (κ2) is 10.3. The van der Waals surface area contributed by atoms with Crippen molar-refractivity contribution < 1.29 is 19.1 Å². The van der Waals surface area contributed by atoms with Crippen LogP contribution in [0.3, 0.4) is 0 Å². The van der Waals surface area contributed by atoms with Crippen molar-refractivity contribution in [3.8, 4) is 0 Å². The van der Waals surface area contributed by atoms with Crippen molar-refractivity contribution in [2.75, 3.05) is 52.0 Å². The molecule has 2 saturated heterocycles. The van der Waals surface area contributed by atoms with Crippen LogP contribution in [0, 0.1) is 0 Å². The minimum Gasteiger partial charge on any atom is -0.375 e. The number of piperidine rings is 1. The summed E-state index contributed by atoms with van der Waals surface area (Å²) in [5.74, 6) is -0.213. The topological polar surface area (TPSA) is 73.4 Å². The zero-order chi connectivity index (χ0) is 24.1. The molecule has 2 aliphatic rings. The van der Waals surface area contributed by atoms with Crippen LogP contribution in [0.15, 0.2) is 60.7 Å². The van der Waals surface area contributed by atoms with Crippen molar-refractivity contribution in [2.45, 2.75) is 24.9 Å². The highest BCUT2D eigenvalue weighted by Crippen LogP contribution is 2.39. The molecular formula is C26H32N4O4. The molecule has 0 N–H and O–H groups in total. The summed E-state index contributed by atoms with van der Waals surface area (Å²) in [6, 6.07) is 19.6. The van der Waals surface area contributed by atoms with Crippen molar-refractivity contribution in [3.05, 3.63) is 66.2 Å². The van der Waals surface area contributed by atoms with Gasteiger partial charge in [0.1, 0.15) is 18.7 Å². The fourth-order valence-electron chi connectivity index (χ4n) is 4.89. The fraction of sp³-hybridized carbons (Fsp3) is 0.423. The molecule has 34 heavy (non-hydrogen) atoms. The number of methoxy groups -OCH3 is 1. The molecule has 180 valence electrons.